The monoisotopic (exact) mass is 317 g/mol. The first-order valence-electron chi connectivity index (χ1n) is 7.50. The molecular formula is C15H19N5O3. The van der Waals surface area contributed by atoms with Crippen LogP contribution in [0.3, 0.4) is 0 Å². The molecule has 0 bridgehead atoms. The van der Waals surface area contributed by atoms with Crippen LogP contribution in [0.2, 0.25) is 0 Å². The number of aromatic nitrogens is 3. The molecule has 2 aromatic rings. The molecular weight excluding hydrogens is 298 g/mol. The van der Waals surface area contributed by atoms with Crippen molar-refractivity contribution in [2.24, 2.45) is 0 Å². The Kier molecular flexibility index (Phi) is 4.52. The highest BCUT2D eigenvalue weighted by Crippen LogP contribution is 2.14. The molecule has 0 aromatic carbocycles. The molecule has 2 aromatic heterocycles. The highest BCUT2D eigenvalue weighted by molar-refractivity contribution is 5.92. The lowest BCUT2D eigenvalue weighted by Crippen LogP contribution is -2.37. The van der Waals surface area contributed by atoms with Crippen LogP contribution in [0.15, 0.2) is 16.7 Å². The second kappa shape index (κ2) is 6.74. The fourth-order valence-electron chi connectivity index (χ4n) is 2.37. The fourth-order valence-corrected chi connectivity index (χ4v) is 2.37. The smallest absolute Gasteiger partial charge is 0.273 e. The SMILES string of the molecule is Cc1cc(N2CCOCC2)nc(CNC(=O)c2cc(C)on2)n1. The van der Waals surface area contributed by atoms with E-state index >= 15 is 0 Å². The van der Waals surface area contributed by atoms with Gasteiger partial charge in [0.25, 0.3) is 5.91 Å². The molecule has 0 saturated carbocycles. The predicted octanol–water partition coefficient (Wildman–Crippen LogP) is 0.848. The second-order valence-corrected chi connectivity index (χ2v) is 5.39. The van der Waals surface area contributed by atoms with E-state index in [-0.39, 0.29) is 18.1 Å². The molecule has 23 heavy (non-hydrogen) atoms. The summed E-state index contributed by atoms with van der Waals surface area (Å²) in [4.78, 5) is 23.0. The van der Waals surface area contributed by atoms with E-state index in [4.69, 9.17) is 9.26 Å². The summed E-state index contributed by atoms with van der Waals surface area (Å²) in [5.74, 6) is 1.72. The number of carbonyl (C=O) groups excluding carboxylic acids is 1. The molecule has 8 heteroatoms. The summed E-state index contributed by atoms with van der Waals surface area (Å²) in [6.07, 6.45) is 0. The number of anilines is 1. The molecule has 0 atom stereocenters. The topological polar surface area (TPSA) is 93.4 Å². The zero-order valence-corrected chi connectivity index (χ0v) is 13.2. The van der Waals surface area contributed by atoms with Gasteiger partial charge in [0.05, 0.1) is 19.8 Å². The molecule has 1 saturated heterocycles. The number of rotatable bonds is 4. The van der Waals surface area contributed by atoms with E-state index in [0.717, 1.165) is 24.6 Å². The molecule has 1 N–H and O–H groups in total. The van der Waals surface area contributed by atoms with Crippen molar-refractivity contribution in [2.75, 3.05) is 31.2 Å². The van der Waals surface area contributed by atoms with Crippen molar-refractivity contribution in [3.63, 3.8) is 0 Å². The molecule has 0 spiro atoms. The largest absolute Gasteiger partial charge is 0.378 e. The van der Waals surface area contributed by atoms with Crippen molar-refractivity contribution in [1.29, 1.82) is 0 Å². The van der Waals surface area contributed by atoms with Crippen LogP contribution in [0.4, 0.5) is 5.82 Å². The number of carbonyl (C=O) groups is 1. The molecule has 0 unspecified atom stereocenters. The van der Waals surface area contributed by atoms with E-state index in [9.17, 15) is 4.79 Å². The maximum Gasteiger partial charge on any atom is 0.273 e. The number of hydrogen-bond acceptors (Lipinski definition) is 7. The average molecular weight is 317 g/mol. The van der Waals surface area contributed by atoms with Crippen LogP contribution in [0.25, 0.3) is 0 Å². The number of amides is 1. The molecule has 1 fully saturated rings. The van der Waals surface area contributed by atoms with Gasteiger partial charge in [-0.1, -0.05) is 5.16 Å². The maximum atomic E-state index is 12.0. The van der Waals surface area contributed by atoms with Gasteiger partial charge in [-0.25, -0.2) is 9.97 Å². The first-order chi connectivity index (χ1) is 11.1. The molecule has 1 aliphatic heterocycles. The lowest BCUT2D eigenvalue weighted by molar-refractivity contribution is 0.0940. The van der Waals surface area contributed by atoms with Crippen molar-refractivity contribution < 1.29 is 14.1 Å². The zero-order chi connectivity index (χ0) is 16.2. The minimum Gasteiger partial charge on any atom is -0.378 e. The van der Waals surface area contributed by atoms with E-state index in [1.807, 2.05) is 13.0 Å². The van der Waals surface area contributed by atoms with Gasteiger partial charge in [-0.2, -0.15) is 0 Å². The van der Waals surface area contributed by atoms with Crippen molar-refractivity contribution >= 4 is 11.7 Å². The quantitative estimate of drug-likeness (QED) is 0.893. The molecule has 0 radical (unpaired) electrons. The van der Waals surface area contributed by atoms with Gasteiger partial charge < -0.3 is 19.5 Å². The first kappa shape index (κ1) is 15.4. The van der Waals surface area contributed by atoms with Gasteiger partial charge in [0.1, 0.15) is 17.4 Å². The Hall–Kier alpha value is -2.48. The van der Waals surface area contributed by atoms with Crippen LogP contribution in [-0.4, -0.2) is 47.3 Å². The third-order valence-electron chi connectivity index (χ3n) is 3.49. The van der Waals surface area contributed by atoms with Gasteiger partial charge in [-0.15, -0.1) is 0 Å². The lowest BCUT2D eigenvalue weighted by atomic mass is 10.3. The fraction of sp³-hybridized carbons (Fsp3) is 0.467. The van der Waals surface area contributed by atoms with Crippen LogP contribution < -0.4 is 10.2 Å². The van der Waals surface area contributed by atoms with Crippen LogP contribution in [-0.2, 0) is 11.3 Å². The summed E-state index contributed by atoms with van der Waals surface area (Å²) in [6.45, 7) is 6.89. The van der Waals surface area contributed by atoms with Gasteiger partial charge >= 0.3 is 0 Å². The molecule has 3 rings (SSSR count). The Labute approximate surface area is 133 Å². The Morgan fingerprint density at radius 3 is 2.74 bits per heavy atom. The summed E-state index contributed by atoms with van der Waals surface area (Å²) in [5, 5.41) is 6.44. The Morgan fingerprint density at radius 2 is 2.04 bits per heavy atom. The van der Waals surface area contributed by atoms with Gasteiger partial charge in [0, 0.05) is 30.9 Å². The predicted molar refractivity (Wildman–Crippen MR) is 82.2 cm³/mol. The van der Waals surface area contributed by atoms with Gasteiger partial charge in [0.2, 0.25) is 0 Å². The third kappa shape index (κ3) is 3.84. The molecule has 0 aliphatic carbocycles. The van der Waals surface area contributed by atoms with Gasteiger partial charge in [-0.05, 0) is 13.8 Å². The Bertz CT molecular complexity index is 694. The minimum absolute atomic E-state index is 0.240. The summed E-state index contributed by atoms with van der Waals surface area (Å²) in [6, 6.07) is 3.53. The Morgan fingerprint density at radius 1 is 1.26 bits per heavy atom. The van der Waals surface area contributed by atoms with Crippen molar-refractivity contribution in [3.05, 3.63) is 35.1 Å². The lowest BCUT2D eigenvalue weighted by Gasteiger charge is -2.28. The third-order valence-corrected chi connectivity index (χ3v) is 3.49. The molecule has 1 aliphatic rings. The van der Waals surface area contributed by atoms with E-state index in [1.54, 1.807) is 13.0 Å². The number of nitrogens with one attached hydrogen (secondary N) is 1. The highest BCUT2D eigenvalue weighted by atomic mass is 16.5. The number of aryl methyl sites for hydroxylation is 2. The number of hydrogen-bond donors (Lipinski definition) is 1. The van der Waals surface area contributed by atoms with Crippen LogP contribution >= 0.6 is 0 Å². The molecule has 1 amide bonds. The normalized spacial score (nSPS) is 14.8. The van der Waals surface area contributed by atoms with Gasteiger partial charge in [-0.3, -0.25) is 4.79 Å². The van der Waals surface area contributed by atoms with Gasteiger partial charge in [0.15, 0.2) is 5.69 Å². The average Bonchev–Trinajstić information content (AvgIpc) is 2.99. The van der Waals surface area contributed by atoms with Crippen molar-refractivity contribution in [1.82, 2.24) is 20.4 Å². The number of morpholine rings is 1. The number of ether oxygens (including phenoxy) is 1. The summed E-state index contributed by atoms with van der Waals surface area (Å²) in [7, 11) is 0. The van der Waals surface area contributed by atoms with Crippen LogP contribution in [0, 0.1) is 13.8 Å². The molecule has 3 heterocycles. The molecule has 8 nitrogen and oxygen atoms in total. The van der Waals surface area contributed by atoms with Crippen molar-refractivity contribution in [3.8, 4) is 0 Å². The molecule has 122 valence electrons. The summed E-state index contributed by atoms with van der Waals surface area (Å²) in [5.41, 5.74) is 1.12. The Balaban J connectivity index is 1.67. The van der Waals surface area contributed by atoms with Crippen molar-refractivity contribution in [2.45, 2.75) is 20.4 Å². The van der Waals surface area contributed by atoms with Crippen LogP contribution in [0.1, 0.15) is 27.8 Å². The minimum atomic E-state index is -0.306. The van der Waals surface area contributed by atoms with E-state index < -0.39 is 0 Å². The summed E-state index contributed by atoms with van der Waals surface area (Å²) >= 11 is 0. The maximum absolute atomic E-state index is 12.0. The van der Waals surface area contributed by atoms with E-state index in [2.05, 4.69) is 25.3 Å². The summed E-state index contributed by atoms with van der Waals surface area (Å²) < 4.78 is 10.2. The number of nitrogens with zero attached hydrogens (tertiary/aromatic N) is 4. The van der Waals surface area contributed by atoms with Crippen LogP contribution in [0.5, 0.6) is 0 Å². The van der Waals surface area contributed by atoms with E-state index in [0.29, 0.717) is 24.8 Å². The van der Waals surface area contributed by atoms with E-state index in [1.165, 1.54) is 0 Å². The first-order valence-corrected chi connectivity index (χ1v) is 7.50. The standard InChI is InChI=1S/C15H19N5O3/c1-10-7-14(20-3-5-22-6-4-20)18-13(17-10)9-16-15(21)12-8-11(2)23-19-12/h7-8H,3-6,9H2,1-2H3,(H,16,21). The zero-order valence-electron chi connectivity index (χ0n) is 13.2. The second-order valence-electron chi connectivity index (χ2n) is 5.39. The highest BCUT2D eigenvalue weighted by Gasteiger charge is 2.15.